The maximum Gasteiger partial charge on any atom is 0.331 e. The summed E-state index contributed by atoms with van der Waals surface area (Å²) in [5.74, 6) is -0.673. The standard InChI is InChI=1S/C16H15NO3/c1-3-9-17-13-7-6-11(2)10-12(13)16(15(17)19)8-4-5-14(18)20-16/h3-7,10H,1,8-9H2,2H3/t16-/m1/s1. The van der Waals surface area contributed by atoms with Crippen LogP contribution in [0.4, 0.5) is 5.69 Å². The third-order valence-corrected chi connectivity index (χ3v) is 3.71. The van der Waals surface area contributed by atoms with Crippen LogP contribution < -0.4 is 4.90 Å². The van der Waals surface area contributed by atoms with Gasteiger partial charge in [0, 0.05) is 24.6 Å². The molecular formula is C16H15NO3. The van der Waals surface area contributed by atoms with Crippen LogP contribution in [0.2, 0.25) is 0 Å². The van der Waals surface area contributed by atoms with Crippen molar-refractivity contribution in [3.63, 3.8) is 0 Å². The molecule has 4 heteroatoms. The number of hydrogen-bond donors (Lipinski definition) is 0. The lowest BCUT2D eigenvalue weighted by atomic mass is 9.89. The quantitative estimate of drug-likeness (QED) is 0.611. The lowest BCUT2D eigenvalue weighted by Gasteiger charge is -2.29. The summed E-state index contributed by atoms with van der Waals surface area (Å²) in [6.45, 7) is 6.04. The predicted octanol–water partition coefficient (Wildman–Crippen LogP) is 2.23. The highest BCUT2D eigenvalue weighted by molar-refractivity contribution is 6.09. The Labute approximate surface area is 117 Å². The minimum atomic E-state index is -1.20. The van der Waals surface area contributed by atoms with Crippen molar-refractivity contribution in [3.05, 3.63) is 54.1 Å². The number of amides is 1. The highest BCUT2D eigenvalue weighted by Crippen LogP contribution is 2.46. The zero-order valence-electron chi connectivity index (χ0n) is 11.3. The molecular weight excluding hydrogens is 254 g/mol. The van der Waals surface area contributed by atoms with Gasteiger partial charge in [-0.3, -0.25) is 4.79 Å². The van der Waals surface area contributed by atoms with Gasteiger partial charge in [0.05, 0.1) is 5.69 Å². The average molecular weight is 269 g/mol. The molecule has 1 atom stereocenters. The summed E-state index contributed by atoms with van der Waals surface area (Å²) in [5, 5.41) is 0. The van der Waals surface area contributed by atoms with E-state index in [4.69, 9.17) is 4.74 Å². The van der Waals surface area contributed by atoms with Crippen LogP contribution in [-0.4, -0.2) is 18.4 Å². The number of carbonyl (C=O) groups is 2. The van der Waals surface area contributed by atoms with Crippen LogP contribution in [0, 0.1) is 6.92 Å². The zero-order chi connectivity index (χ0) is 14.3. The van der Waals surface area contributed by atoms with Gasteiger partial charge >= 0.3 is 5.97 Å². The van der Waals surface area contributed by atoms with Crippen molar-refractivity contribution in [3.8, 4) is 0 Å². The second-order valence-electron chi connectivity index (χ2n) is 5.08. The normalized spacial score (nSPS) is 23.9. The number of anilines is 1. The highest BCUT2D eigenvalue weighted by atomic mass is 16.6. The minimum absolute atomic E-state index is 0.198. The molecule has 0 saturated carbocycles. The summed E-state index contributed by atoms with van der Waals surface area (Å²) < 4.78 is 5.45. The molecule has 0 aromatic heterocycles. The molecule has 0 fully saturated rings. The van der Waals surface area contributed by atoms with Crippen molar-refractivity contribution in [1.82, 2.24) is 0 Å². The molecule has 0 radical (unpaired) electrons. The van der Waals surface area contributed by atoms with Crippen molar-refractivity contribution in [2.24, 2.45) is 0 Å². The predicted molar refractivity (Wildman–Crippen MR) is 75.3 cm³/mol. The van der Waals surface area contributed by atoms with Crippen molar-refractivity contribution < 1.29 is 14.3 Å². The summed E-state index contributed by atoms with van der Waals surface area (Å²) in [6.07, 6.45) is 5.11. The second-order valence-corrected chi connectivity index (χ2v) is 5.08. The lowest BCUT2D eigenvalue weighted by molar-refractivity contribution is -0.164. The van der Waals surface area contributed by atoms with Crippen LogP contribution in [-0.2, 0) is 19.9 Å². The van der Waals surface area contributed by atoms with E-state index in [0.29, 0.717) is 13.0 Å². The molecule has 1 aromatic carbocycles. The number of benzene rings is 1. The Morgan fingerprint density at radius 2 is 2.25 bits per heavy atom. The molecule has 20 heavy (non-hydrogen) atoms. The topological polar surface area (TPSA) is 46.6 Å². The van der Waals surface area contributed by atoms with Gasteiger partial charge in [-0.2, -0.15) is 0 Å². The third kappa shape index (κ3) is 1.61. The molecule has 2 aliphatic rings. The molecule has 0 unspecified atom stereocenters. The van der Waals surface area contributed by atoms with Gasteiger partial charge in [0.15, 0.2) is 0 Å². The summed E-state index contributed by atoms with van der Waals surface area (Å²) >= 11 is 0. The molecule has 0 aliphatic carbocycles. The molecule has 0 saturated heterocycles. The van der Waals surface area contributed by atoms with Crippen molar-refractivity contribution in [2.75, 3.05) is 11.4 Å². The zero-order valence-corrected chi connectivity index (χ0v) is 11.3. The van der Waals surface area contributed by atoms with Gasteiger partial charge in [0.2, 0.25) is 5.60 Å². The van der Waals surface area contributed by atoms with Crippen molar-refractivity contribution in [1.29, 1.82) is 0 Å². The Morgan fingerprint density at radius 3 is 2.95 bits per heavy atom. The molecule has 2 heterocycles. The number of nitrogens with zero attached hydrogens (tertiary/aromatic N) is 1. The number of aryl methyl sites for hydroxylation is 1. The van der Waals surface area contributed by atoms with E-state index in [2.05, 4.69) is 6.58 Å². The van der Waals surface area contributed by atoms with E-state index in [0.717, 1.165) is 16.8 Å². The fourth-order valence-electron chi connectivity index (χ4n) is 2.83. The van der Waals surface area contributed by atoms with E-state index in [9.17, 15) is 9.59 Å². The first-order valence-electron chi connectivity index (χ1n) is 6.52. The largest absolute Gasteiger partial charge is 0.440 e. The Balaban J connectivity index is 2.20. The monoisotopic (exact) mass is 269 g/mol. The Kier molecular flexibility index (Phi) is 2.74. The van der Waals surface area contributed by atoms with Crippen LogP contribution in [0.5, 0.6) is 0 Å². The van der Waals surface area contributed by atoms with Gasteiger partial charge in [0.25, 0.3) is 5.91 Å². The molecule has 102 valence electrons. The summed E-state index contributed by atoms with van der Waals surface area (Å²) in [5.41, 5.74) is 1.39. The number of carbonyl (C=O) groups excluding carboxylic acids is 2. The van der Waals surface area contributed by atoms with Crippen LogP contribution in [0.15, 0.2) is 43.0 Å². The maximum atomic E-state index is 12.8. The summed E-state index contributed by atoms with van der Waals surface area (Å²) in [7, 11) is 0. The Morgan fingerprint density at radius 1 is 1.45 bits per heavy atom. The molecule has 3 rings (SSSR count). The molecule has 0 N–H and O–H groups in total. The SMILES string of the molecule is C=CCN1C(=O)[C@@]2(CC=CC(=O)O2)c2cc(C)ccc21. The number of fused-ring (bicyclic) bond motifs is 2. The summed E-state index contributed by atoms with van der Waals surface area (Å²) in [4.78, 5) is 26.0. The first kappa shape index (κ1) is 12.7. The van der Waals surface area contributed by atoms with Crippen LogP contribution in [0.1, 0.15) is 17.5 Å². The van der Waals surface area contributed by atoms with E-state index in [1.807, 2.05) is 25.1 Å². The third-order valence-electron chi connectivity index (χ3n) is 3.71. The molecule has 2 aliphatic heterocycles. The van der Waals surface area contributed by atoms with Crippen LogP contribution >= 0.6 is 0 Å². The fourth-order valence-corrected chi connectivity index (χ4v) is 2.83. The molecule has 4 nitrogen and oxygen atoms in total. The van der Waals surface area contributed by atoms with Crippen molar-refractivity contribution >= 4 is 17.6 Å². The number of rotatable bonds is 2. The molecule has 0 bridgehead atoms. The maximum absolute atomic E-state index is 12.8. The molecule has 1 aromatic rings. The van der Waals surface area contributed by atoms with Crippen LogP contribution in [0.3, 0.4) is 0 Å². The summed E-state index contributed by atoms with van der Waals surface area (Å²) in [6, 6.07) is 5.76. The van der Waals surface area contributed by atoms with Crippen LogP contribution in [0.25, 0.3) is 0 Å². The van der Waals surface area contributed by atoms with Crippen molar-refractivity contribution in [2.45, 2.75) is 18.9 Å². The van der Waals surface area contributed by atoms with E-state index in [1.165, 1.54) is 6.08 Å². The van der Waals surface area contributed by atoms with E-state index in [-0.39, 0.29) is 5.91 Å². The smallest absolute Gasteiger partial charge is 0.331 e. The number of hydrogen-bond acceptors (Lipinski definition) is 3. The molecule has 1 amide bonds. The van der Waals surface area contributed by atoms with E-state index in [1.54, 1.807) is 17.1 Å². The molecule has 1 spiro atoms. The minimum Gasteiger partial charge on any atom is -0.440 e. The van der Waals surface area contributed by atoms with Gasteiger partial charge in [-0.25, -0.2) is 4.79 Å². The van der Waals surface area contributed by atoms with E-state index >= 15 is 0 Å². The first-order valence-corrected chi connectivity index (χ1v) is 6.52. The number of esters is 1. The first-order chi connectivity index (χ1) is 9.58. The lowest BCUT2D eigenvalue weighted by Crippen LogP contribution is -2.44. The fraction of sp³-hybridized carbons (Fsp3) is 0.250. The Hall–Kier alpha value is -2.36. The average Bonchev–Trinajstić information content (AvgIpc) is 2.62. The van der Waals surface area contributed by atoms with Gasteiger partial charge < -0.3 is 9.64 Å². The second kappa shape index (κ2) is 4.34. The Bertz CT molecular complexity index is 647. The highest BCUT2D eigenvalue weighted by Gasteiger charge is 2.54. The van der Waals surface area contributed by atoms with Gasteiger partial charge in [0.1, 0.15) is 0 Å². The van der Waals surface area contributed by atoms with Gasteiger partial charge in [-0.05, 0) is 19.1 Å². The van der Waals surface area contributed by atoms with Gasteiger partial charge in [-0.15, -0.1) is 6.58 Å². The van der Waals surface area contributed by atoms with Gasteiger partial charge in [-0.1, -0.05) is 23.8 Å². The van der Waals surface area contributed by atoms with E-state index < -0.39 is 11.6 Å². The number of ether oxygens (including phenoxy) is 1.